The molecule has 6 aromatic rings. The van der Waals surface area contributed by atoms with Gasteiger partial charge in [0.25, 0.3) is 0 Å². The van der Waals surface area contributed by atoms with Gasteiger partial charge in [0.05, 0.1) is 56.5 Å². The summed E-state index contributed by atoms with van der Waals surface area (Å²) in [5.74, 6) is -1.85. The van der Waals surface area contributed by atoms with Crippen LogP contribution in [0.3, 0.4) is 0 Å². The summed E-state index contributed by atoms with van der Waals surface area (Å²) in [6.45, 7) is 6.51. The maximum absolute atomic E-state index is 16.0. The van der Waals surface area contributed by atoms with Crippen molar-refractivity contribution in [2.75, 3.05) is 17.2 Å². The van der Waals surface area contributed by atoms with Crippen molar-refractivity contribution in [3.05, 3.63) is 121 Å². The topological polar surface area (TPSA) is 172 Å². The molecule has 2 aromatic heterocycles. The van der Waals surface area contributed by atoms with E-state index in [4.69, 9.17) is 11.5 Å². The molecule has 1 atom stereocenters. The van der Waals surface area contributed by atoms with E-state index in [9.17, 15) is 16.8 Å². The van der Waals surface area contributed by atoms with E-state index in [-0.39, 0.29) is 61.7 Å². The number of halogens is 2. The van der Waals surface area contributed by atoms with Crippen LogP contribution in [0.25, 0.3) is 44.8 Å². The van der Waals surface area contributed by atoms with Crippen LogP contribution in [0.1, 0.15) is 33.3 Å². The van der Waals surface area contributed by atoms with Gasteiger partial charge in [-0.3, -0.25) is 9.97 Å². The maximum Gasteiger partial charge on any atom is 0.183 e. The highest BCUT2D eigenvalue weighted by Gasteiger charge is 2.34. The Bertz CT molecular complexity index is 2580. The lowest BCUT2D eigenvalue weighted by atomic mass is 9.91. The Morgan fingerprint density at radius 1 is 0.630 bits per heavy atom. The van der Waals surface area contributed by atoms with Gasteiger partial charge in [-0.15, -0.1) is 0 Å². The van der Waals surface area contributed by atoms with Crippen molar-refractivity contribution in [3.63, 3.8) is 0 Å². The molecule has 1 unspecified atom stereocenters. The second-order valence-corrected chi connectivity index (χ2v) is 18.7. The van der Waals surface area contributed by atoms with Gasteiger partial charge in [-0.25, -0.2) is 35.6 Å². The molecule has 4 N–H and O–H groups in total. The van der Waals surface area contributed by atoms with E-state index in [1.165, 1.54) is 55.1 Å². The zero-order valence-corrected chi connectivity index (χ0v) is 31.6. The maximum atomic E-state index is 16.0. The third-order valence-corrected chi connectivity index (χ3v) is 13.5. The summed E-state index contributed by atoms with van der Waals surface area (Å²) < 4.78 is 86.1. The Hall–Kier alpha value is -5.60. The first kappa shape index (κ1) is 38.1. The molecule has 0 spiro atoms. The molecule has 10 nitrogen and oxygen atoms in total. The van der Waals surface area contributed by atoms with Gasteiger partial charge in [-0.05, 0) is 86.2 Å². The SMILES string of the molecule is CC(Cc1cc(-c2cnc(N)cn2)c(F)cc1-c1ccccc1S(=O)(=O)C(C)(C)C)CS(=O)(=O)c1ccccc1-c1ccc(-c2cnc(N)cn2)c(F)c1. The monoisotopic (exact) mass is 768 g/mol. The molecular formula is C40H38F2N6O4S2. The number of nitrogens with zero attached hydrogens (tertiary/aromatic N) is 4. The van der Waals surface area contributed by atoms with Gasteiger partial charge in [-0.2, -0.15) is 0 Å². The van der Waals surface area contributed by atoms with Crippen LogP contribution in [0, 0.1) is 17.6 Å². The Kier molecular flexibility index (Phi) is 10.4. The van der Waals surface area contributed by atoms with Gasteiger partial charge in [0, 0.05) is 22.3 Å². The average molecular weight is 769 g/mol. The van der Waals surface area contributed by atoms with Crippen molar-refractivity contribution in [3.8, 4) is 44.8 Å². The van der Waals surface area contributed by atoms with Gasteiger partial charge < -0.3 is 11.5 Å². The first-order chi connectivity index (χ1) is 25.5. The summed E-state index contributed by atoms with van der Waals surface area (Å²) in [5, 5.41) is 0. The van der Waals surface area contributed by atoms with Gasteiger partial charge >= 0.3 is 0 Å². The molecule has 14 heteroatoms. The number of aromatic nitrogens is 4. The second-order valence-electron chi connectivity index (χ2n) is 14.0. The minimum Gasteiger partial charge on any atom is -0.382 e. The number of hydrogen-bond acceptors (Lipinski definition) is 10. The van der Waals surface area contributed by atoms with Crippen LogP contribution in [0.5, 0.6) is 0 Å². The molecular weight excluding hydrogens is 731 g/mol. The summed E-state index contributed by atoms with van der Waals surface area (Å²) in [7, 11) is -7.90. The Balaban J connectivity index is 1.38. The molecule has 0 fully saturated rings. The van der Waals surface area contributed by atoms with Crippen molar-refractivity contribution >= 4 is 31.3 Å². The summed E-state index contributed by atoms with van der Waals surface area (Å²) in [6, 6.07) is 19.9. The number of sulfone groups is 2. The number of nitrogen functional groups attached to an aromatic ring is 2. The van der Waals surface area contributed by atoms with Crippen LogP contribution in [-0.4, -0.2) is 47.3 Å². The lowest BCUT2D eigenvalue weighted by Crippen LogP contribution is -2.28. The minimum absolute atomic E-state index is 0.00931. The summed E-state index contributed by atoms with van der Waals surface area (Å²) in [5.41, 5.74) is 13.8. The third kappa shape index (κ3) is 7.71. The van der Waals surface area contributed by atoms with Gasteiger partial charge in [0.2, 0.25) is 0 Å². The van der Waals surface area contributed by atoms with Gasteiger partial charge in [0.15, 0.2) is 19.7 Å². The van der Waals surface area contributed by atoms with E-state index in [1.54, 1.807) is 76.2 Å². The molecule has 0 aliphatic rings. The van der Waals surface area contributed by atoms with Crippen molar-refractivity contribution in [2.24, 2.45) is 5.92 Å². The predicted octanol–water partition coefficient (Wildman–Crippen LogP) is 7.60. The Morgan fingerprint density at radius 2 is 1.19 bits per heavy atom. The number of benzene rings is 4. The Morgan fingerprint density at radius 3 is 1.76 bits per heavy atom. The lowest BCUT2D eigenvalue weighted by Gasteiger charge is -2.23. The summed E-state index contributed by atoms with van der Waals surface area (Å²) in [4.78, 5) is 16.4. The normalized spacial score (nSPS) is 12.8. The quantitative estimate of drug-likeness (QED) is 0.141. The molecule has 0 amide bonds. The lowest BCUT2D eigenvalue weighted by molar-refractivity contribution is 0.560. The second kappa shape index (κ2) is 14.7. The zero-order chi connectivity index (χ0) is 39.0. The average Bonchev–Trinajstić information content (AvgIpc) is 3.12. The van der Waals surface area contributed by atoms with E-state index in [0.717, 1.165) is 0 Å². The van der Waals surface area contributed by atoms with E-state index >= 15 is 8.78 Å². The number of hydrogen-bond donors (Lipinski definition) is 2. The first-order valence-electron chi connectivity index (χ1n) is 16.9. The van der Waals surface area contributed by atoms with Crippen LogP contribution >= 0.6 is 0 Å². The molecule has 54 heavy (non-hydrogen) atoms. The van der Waals surface area contributed by atoms with Gasteiger partial charge in [-0.1, -0.05) is 49.4 Å². The number of anilines is 2. The minimum atomic E-state index is -4.01. The third-order valence-electron chi connectivity index (χ3n) is 8.94. The van der Waals surface area contributed by atoms with Crippen molar-refractivity contribution in [1.29, 1.82) is 0 Å². The highest BCUT2D eigenvalue weighted by atomic mass is 32.2. The van der Waals surface area contributed by atoms with Crippen LogP contribution in [-0.2, 0) is 26.1 Å². The largest absolute Gasteiger partial charge is 0.382 e. The van der Waals surface area contributed by atoms with Crippen molar-refractivity contribution in [2.45, 2.75) is 48.7 Å². The summed E-state index contributed by atoms with van der Waals surface area (Å²) in [6.07, 6.45) is 5.42. The van der Waals surface area contributed by atoms with E-state index < -0.39 is 42.0 Å². The molecule has 2 heterocycles. The fraction of sp³-hybridized carbons (Fsp3) is 0.200. The standard InChI is InChI=1S/C40H38F2N6O4S2/c1-24(23-53(49,50)36-11-7-5-9-27(36)25-13-14-29(32(41)17-25)34-19-47-38(43)21-45-34)15-26-16-31(35-20-48-39(44)22-46-35)33(42)18-30(26)28-10-6-8-12-37(28)54(51,52)40(2,3)4/h5-14,16-22,24H,15,23H2,1-4H3,(H2,43,47)(H2,44,48). The fourth-order valence-corrected chi connectivity index (χ4v) is 9.45. The van der Waals surface area contributed by atoms with Crippen LogP contribution in [0.4, 0.5) is 20.4 Å². The van der Waals surface area contributed by atoms with Gasteiger partial charge in [0.1, 0.15) is 23.3 Å². The molecule has 6 rings (SSSR count). The molecule has 0 aliphatic carbocycles. The smallest absolute Gasteiger partial charge is 0.183 e. The molecule has 0 saturated heterocycles. The predicted molar refractivity (Wildman–Crippen MR) is 206 cm³/mol. The molecule has 0 saturated carbocycles. The van der Waals surface area contributed by atoms with E-state index in [2.05, 4.69) is 19.9 Å². The first-order valence-corrected chi connectivity index (χ1v) is 20.0. The highest BCUT2D eigenvalue weighted by Crippen LogP contribution is 2.39. The number of rotatable bonds is 10. The van der Waals surface area contributed by atoms with Crippen molar-refractivity contribution < 1.29 is 25.6 Å². The zero-order valence-electron chi connectivity index (χ0n) is 30.0. The number of nitrogens with two attached hydrogens (primary N) is 2. The van der Waals surface area contributed by atoms with E-state index in [1.807, 2.05) is 0 Å². The highest BCUT2D eigenvalue weighted by molar-refractivity contribution is 7.93. The molecule has 4 aromatic carbocycles. The molecule has 0 radical (unpaired) electrons. The van der Waals surface area contributed by atoms with E-state index in [0.29, 0.717) is 22.3 Å². The summed E-state index contributed by atoms with van der Waals surface area (Å²) >= 11 is 0. The fourth-order valence-electron chi connectivity index (χ4n) is 6.21. The van der Waals surface area contributed by atoms with Crippen LogP contribution in [0.2, 0.25) is 0 Å². The molecule has 0 aliphatic heterocycles. The van der Waals surface area contributed by atoms with Crippen LogP contribution in [0.15, 0.2) is 113 Å². The molecule has 0 bridgehead atoms. The van der Waals surface area contributed by atoms with Crippen molar-refractivity contribution in [1.82, 2.24) is 19.9 Å². The molecule has 278 valence electrons. The van der Waals surface area contributed by atoms with Crippen LogP contribution < -0.4 is 11.5 Å². The Labute approximate surface area is 313 Å².